The third-order valence-corrected chi connectivity index (χ3v) is 5.73. The fourth-order valence-electron chi connectivity index (χ4n) is 3.90. The van der Waals surface area contributed by atoms with Gasteiger partial charge in [0, 0.05) is 24.6 Å². The number of carbonyl (C=O) groups is 3. The first-order valence-electron chi connectivity index (χ1n) is 10.9. The Hall–Kier alpha value is -3.29. The number of hydrogen-bond donors (Lipinski definition) is 2. The molecule has 32 heavy (non-hydrogen) atoms. The first-order valence-corrected chi connectivity index (χ1v) is 10.9. The lowest BCUT2D eigenvalue weighted by molar-refractivity contribution is -0.136. The van der Waals surface area contributed by atoms with E-state index >= 15 is 0 Å². The van der Waals surface area contributed by atoms with E-state index in [0.29, 0.717) is 43.0 Å². The maximum atomic E-state index is 13.1. The molecule has 2 aromatic rings. The molecular formula is C24H31N3O5. The molecule has 2 N–H and O–H groups in total. The van der Waals surface area contributed by atoms with Crippen molar-refractivity contribution in [3.63, 3.8) is 0 Å². The van der Waals surface area contributed by atoms with E-state index in [1.807, 2.05) is 18.7 Å². The van der Waals surface area contributed by atoms with Crippen molar-refractivity contribution in [2.24, 2.45) is 11.8 Å². The molecule has 8 heteroatoms. The van der Waals surface area contributed by atoms with Gasteiger partial charge in [-0.25, -0.2) is 0 Å². The van der Waals surface area contributed by atoms with Crippen LogP contribution in [0.5, 0.6) is 5.75 Å². The van der Waals surface area contributed by atoms with Gasteiger partial charge >= 0.3 is 0 Å². The van der Waals surface area contributed by atoms with Gasteiger partial charge < -0.3 is 24.7 Å². The monoisotopic (exact) mass is 441 g/mol. The summed E-state index contributed by atoms with van der Waals surface area (Å²) in [5.74, 6) is 0.548. The van der Waals surface area contributed by atoms with E-state index < -0.39 is 6.04 Å². The Labute approximate surface area is 188 Å². The number of amides is 3. The first-order chi connectivity index (χ1) is 15.4. The van der Waals surface area contributed by atoms with Crippen molar-refractivity contribution in [2.45, 2.75) is 39.3 Å². The maximum Gasteiger partial charge on any atom is 0.252 e. The van der Waals surface area contributed by atoms with E-state index in [1.54, 1.807) is 42.7 Å². The van der Waals surface area contributed by atoms with E-state index in [4.69, 9.17) is 9.15 Å². The van der Waals surface area contributed by atoms with Crippen molar-refractivity contribution in [3.8, 4) is 5.75 Å². The summed E-state index contributed by atoms with van der Waals surface area (Å²) in [7, 11) is 1.54. The van der Waals surface area contributed by atoms with E-state index in [2.05, 4.69) is 10.6 Å². The van der Waals surface area contributed by atoms with Crippen LogP contribution in [0.15, 0.2) is 47.1 Å². The lowest BCUT2D eigenvalue weighted by Gasteiger charge is -2.36. The van der Waals surface area contributed by atoms with Gasteiger partial charge in [0.2, 0.25) is 11.8 Å². The van der Waals surface area contributed by atoms with Crippen molar-refractivity contribution in [2.75, 3.05) is 20.2 Å². The average Bonchev–Trinajstić information content (AvgIpc) is 3.34. The number of carbonyl (C=O) groups excluding carboxylic acids is 3. The summed E-state index contributed by atoms with van der Waals surface area (Å²) >= 11 is 0. The predicted octanol–water partition coefficient (Wildman–Crippen LogP) is 2.60. The van der Waals surface area contributed by atoms with Gasteiger partial charge in [0.25, 0.3) is 5.91 Å². The molecule has 0 radical (unpaired) electrons. The number of ether oxygens (including phenoxy) is 1. The second-order valence-electron chi connectivity index (χ2n) is 8.30. The van der Waals surface area contributed by atoms with Gasteiger partial charge in [-0.15, -0.1) is 0 Å². The van der Waals surface area contributed by atoms with Crippen molar-refractivity contribution in [3.05, 3.63) is 54.0 Å². The Morgan fingerprint density at radius 2 is 1.91 bits per heavy atom. The molecule has 0 saturated carbocycles. The third kappa shape index (κ3) is 5.90. The van der Waals surface area contributed by atoms with Crippen LogP contribution in [0.25, 0.3) is 0 Å². The Morgan fingerprint density at radius 3 is 2.53 bits per heavy atom. The molecule has 8 nitrogen and oxygen atoms in total. The highest BCUT2D eigenvalue weighted by Crippen LogP contribution is 2.23. The minimum Gasteiger partial charge on any atom is -0.497 e. The van der Waals surface area contributed by atoms with Crippen LogP contribution >= 0.6 is 0 Å². The fraction of sp³-hybridized carbons (Fsp3) is 0.458. The molecule has 1 unspecified atom stereocenters. The zero-order chi connectivity index (χ0) is 23.1. The molecule has 2 heterocycles. The molecule has 172 valence electrons. The van der Waals surface area contributed by atoms with Crippen LogP contribution in [-0.4, -0.2) is 48.9 Å². The molecule has 0 bridgehead atoms. The van der Waals surface area contributed by atoms with Gasteiger partial charge in [0.05, 0.1) is 19.9 Å². The summed E-state index contributed by atoms with van der Waals surface area (Å²) < 4.78 is 10.5. The SMILES string of the molecule is COc1cccc(C(=O)NC(C(=O)NCc2ccco2)C2CCN(C(=O)C(C)C)CC2)c1. The second kappa shape index (κ2) is 10.8. The standard InChI is InChI=1S/C24H31N3O5/c1-16(2)24(30)27-11-9-17(10-12-27)21(23(29)25-15-20-8-5-13-32-20)26-22(28)18-6-4-7-19(14-18)31-3/h4-8,13-14,16-17,21H,9-12,15H2,1-3H3,(H,25,29)(H,26,28). The second-order valence-corrected chi connectivity index (χ2v) is 8.30. The van der Waals surface area contributed by atoms with E-state index in [-0.39, 0.29) is 36.1 Å². The minimum absolute atomic E-state index is 0.0632. The summed E-state index contributed by atoms with van der Waals surface area (Å²) in [4.78, 5) is 40.2. The smallest absolute Gasteiger partial charge is 0.252 e. The number of likely N-dealkylation sites (tertiary alicyclic amines) is 1. The molecule has 3 amide bonds. The number of rotatable bonds is 8. The van der Waals surface area contributed by atoms with Crippen LogP contribution in [0.3, 0.4) is 0 Å². The van der Waals surface area contributed by atoms with E-state index in [0.717, 1.165) is 0 Å². The lowest BCUT2D eigenvalue weighted by atomic mass is 9.88. The largest absolute Gasteiger partial charge is 0.497 e. The number of piperidine rings is 1. The topological polar surface area (TPSA) is 101 Å². The number of methoxy groups -OCH3 is 1. The molecule has 0 aliphatic carbocycles. The van der Waals surface area contributed by atoms with Crippen molar-refractivity contribution >= 4 is 17.7 Å². The predicted molar refractivity (Wildman–Crippen MR) is 119 cm³/mol. The highest BCUT2D eigenvalue weighted by atomic mass is 16.5. The van der Waals surface area contributed by atoms with Gasteiger partial charge in [0.1, 0.15) is 17.6 Å². The lowest BCUT2D eigenvalue weighted by Crippen LogP contribution is -2.54. The molecule has 1 saturated heterocycles. The summed E-state index contributed by atoms with van der Waals surface area (Å²) in [5.41, 5.74) is 0.417. The van der Waals surface area contributed by atoms with Gasteiger partial charge in [-0.3, -0.25) is 14.4 Å². The number of hydrogen-bond acceptors (Lipinski definition) is 5. The van der Waals surface area contributed by atoms with Gasteiger partial charge in [-0.1, -0.05) is 19.9 Å². The molecule has 1 aromatic heterocycles. The number of benzene rings is 1. The number of furan rings is 1. The molecule has 1 fully saturated rings. The highest BCUT2D eigenvalue weighted by molar-refractivity contribution is 5.98. The Kier molecular flexibility index (Phi) is 7.92. The van der Waals surface area contributed by atoms with Crippen LogP contribution in [-0.2, 0) is 16.1 Å². The minimum atomic E-state index is -0.722. The fourth-order valence-corrected chi connectivity index (χ4v) is 3.90. The quantitative estimate of drug-likeness (QED) is 0.656. The normalized spacial score (nSPS) is 15.3. The van der Waals surface area contributed by atoms with E-state index in [9.17, 15) is 14.4 Å². The Morgan fingerprint density at radius 1 is 1.16 bits per heavy atom. The zero-order valence-electron chi connectivity index (χ0n) is 18.8. The first kappa shape index (κ1) is 23.4. The van der Waals surface area contributed by atoms with Crippen LogP contribution in [0.2, 0.25) is 0 Å². The van der Waals surface area contributed by atoms with Crippen molar-refractivity contribution in [1.29, 1.82) is 0 Å². The van der Waals surface area contributed by atoms with Gasteiger partial charge in [-0.2, -0.15) is 0 Å². The maximum absolute atomic E-state index is 13.1. The summed E-state index contributed by atoms with van der Waals surface area (Å²) in [5, 5.41) is 5.77. The van der Waals surface area contributed by atoms with Crippen LogP contribution in [0.1, 0.15) is 42.8 Å². The highest BCUT2D eigenvalue weighted by Gasteiger charge is 2.34. The van der Waals surface area contributed by atoms with Crippen LogP contribution < -0.4 is 15.4 Å². The molecule has 0 spiro atoms. The third-order valence-electron chi connectivity index (χ3n) is 5.73. The van der Waals surface area contributed by atoms with Crippen molar-refractivity contribution in [1.82, 2.24) is 15.5 Å². The zero-order valence-corrected chi connectivity index (χ0v) is 18.8. The number of nitrogens with one attached hydrogen (secondary N) is 2. The Bertz CT molecular complexity index is 917. The van der Waals surface area contributed by atoms with Crippen LogP contribution in [0, 0.1) is 11.8 Å². The summed E-state index contributed by atoms with van der Waals surface area (Å²) in [6.45, 7) is 5.14. The molecule has 1 aliphatic rings. The Balaban J connectivity index is 1.71. The molecule has 1 atom stereocenters. The molecule has 3 rings (SSSR count). The van der Waals surface area contributed by atoms with Gasteiger partial charge in [-0.05, 0) is 49.1 Å². The van der Waals surface area contributed by atoms with Crippen LogP contribution in [0.4, 0.5) is 0 Å². The number of nitrogens with zero attached hydrogens (tertiary/aromatic N) is 1. The molecule has 1 aromatic carbocycles. The summed E-state index contributed by atoms with van der Waals surface area (Å²) in [6.07, 6.45) is 2.82. The summed E-state index contributed by atoms with van der Waals surface area (Å²) in [6, 6.07) is 9.61. The van der Waals surface area contributed by atoms with Gasteiger partial charge in [0.15, 0.2) is 0 Å². The molecular weight excluding hydrogens is 410 g/mol. The van der Waals surface area contributed by atoms with Crippen molar-refractivity contribution < 1.29 is 23.5 Å². The molecule has 1 aliphatic heterocycles. The average molecular weight is 442 g/mol. The van der Waals surface area contributed by atoms with E-state index in [1.165, 1.54) is 7.11 Å².